The zero-order valence-corrected chi connectivity index (χ0v) is 13.0. The number of imidazole rings is 1. The average molecular weight is 321 g/mol. The maximum Gasteiger partial charge on any atom is 0.119 e. The monoisotopic (exact) mass is 320 g/mol. The fourth-order valence-electron chi connectivity index (χ4n) is 2.15. The quantitative estimate of drug-likeness (QED) is 0.749. The zero-order chi connectivity index (χ0) is 14.8. The Bertz CT molecular complexity index is 744. The van der Waals surface area contributed by atoms with Crippen molar-refractivity contribution in [3.63, 3.8) is 0 Å². The lowest BCUT2D eigenvalue weighted by molar-refractivity contribution is 0.319. The summed E-state index contributed by atoms with van der Waals surface area (Å²) in [5.41, 5.74) is 2.88. The van der Waals surface area contributed by atoms with Gasteiger partial charge in [-0.3, -0.25) is 0 Å². The minimum Gasteiger partial charge on any atom is -0.493 e. The number of aromatic amines is 1. The largest absolute Gasteiger partial charge is 0.493 e. The first-order chi connectivity index (χ1) is 10.1. The van der Waals surface area contributed by atoms with Crippen LogP contribution in [0.1, 0.15) is 11.4 Å². The zero-order valence-electron chi connectivity index (χ0n) is 11.5. The summed E-state index contributed by atoms with van der Waals surface area (Å²) in [5, 5.41) is 1.04. The summed E-state index contributed by atoms with van der Waals surface area (Å²) in [6.07, 6.45) is 0.692. The van der Waals surface area contributed by atoms with Gasteiger partial charge in [-0.15, -0.1) is 0 Å². The maximum atomic E-state index is 5.99. The van der Waals surface area contributed by atoms with E-state index in [0.29, 0.717) is 23.1 Å². The molecule has 1 N–H and O–H groups in total. The molecule has 0 bridgehead atoms. The Hall–Kier alpha value is -1.71. The first kappa shape index (κ1) is 14.2. The van der Waals surface area contributed by atoms with Crippen LogP contribution >= 0.6 is 23.2 Å². The second-order valence-corrected chi connectivity index (χ2v) is 5.70. The molecule has 1 heterocycles. The van der Waals surface area contributed by atoms with Gasteiger partial charge in [-0.25, -0.2) is 4.98 Å². The fraction of sp³-hybridized carbons (Fsp3) is 0.188. The highest BCUT2D eigenvalue weighted by atomic mass is 35.5. The molecular weight excluding hydrogens is 307 g/mol. The van der Waals surface area contributed by atoms with Gasteiger partial charge in [0.2, 0.25) is 0 Å². The molecule has 0 atom stereocenters. The van der Waals surface area contributed by atoms with Crippen LogP contribution < -0.4 is 4.74 Å². The summed E-state index contributed by atoms with van der Waals surface area (Å²) in [7, 11) is 0. The van der Waals surface area contributed by atoms with Gasteiger partial charge in [-0.2, -0.15) is 0 Å². The molecule has 3 rings (SSSR count). The lowest BCUT2D eigenvalue weighted by Gasteiger charge is -2.05. The Kier molecular flexibility index (Phi) is 4.04. The highest BCUT2D eigenvalue weighted by molar-refractivity contribution is 6.42. The van der Waals surface area contributed by atoms with Crippen LogP contribution in [-0.2, 0) is 6.42 Å². The number of nitrogens with one attached hydrogen (secondary N) is 1. The van der Waals surface area contributed by atoms with Crippen molar-refractivity contribution in [2.75, 3.05) is 6.61 Å². The molecule has 2 aromatic carbocycles. The van der Waals surface area contributed by atoms with E-state index in [1.54, 1.807) is 12.1 Å². The second-order valence-electron chi connectivity index (χ2n) is 4.88. The van der Waals surface area contributed by atoms with E-state index >= 15 is 0 Å². The molecule has 0 unspecified atom stereocenters. The number of benzene rings is 2. The van der Waals surface area contributed by atoms with Crippen molar-refractivity contribution in [2.45, 2.75) is 13.3 Å². The molecule has 3 aromatic rings. The maximum absolute atomic E-state index is 5.99. The van der Waals surface area contributed by atoms with E-state index < -0.39 is 0 Å². The van der Waals surface area contributed by atoms with Gasteiger partial charge in [0.05, 0.1) is 27.7 Å². The lowest BCUT2D eigenvalue weighted by Crippen LogP contribution is -2.02. The third kappa shape index (κ3) is 3.31. The molecule has 3 nitrogen and oxygen atoms in total. The minimum absolute atomic E-state index is 0.512. The normalized spacial score (nSPS) is 11.0. The Morgan fingerprint density at radius 1 is 1.14 bits per heavy atom. The van der Waals surface area contributed by atoms with Crippen LogP contribution in [0, 0.1) is 6.92 Å². The summed E-state index contributed by atoms with van der Waals surface area (Å²) >= 11 is 12.0. The van der Waals surface area contributed by atoms with Crippen molar-refractivity contribution in [3.05, 3.63) is 57.8 Å². The number of aromatic nitrogens is 2. The number of rotatable bonds is 4. The lowest BCUT2D eigenvalue weighted by atomic mass is 10.2. The fourth-order valence-corrected chi connectivity index (χ4v) is 2.47. The van der Waals surface area contributed by atoms with Gasteiger partial charge in [0.25, 0.3) is 0 Å². The van der Waals surface area contributed by atoms with Crippen LogP contribution in [0.15, 0.2) is 36.4 Å². The van der Waals surface area contributed by atoms with E-state index in [2.05, 4.69) is 9.97 Å². The van der Waals surface area contributed by atoms with Crippen molar-refractivity contribution >= 4 is 34.2 Å². The molecule has 5 heteroatoms. The predicted molar refractivity (Wildman–Crippen MR) is 86.5 cm³/mol. The van der Waals surface area contributed by atoms with E-state index in [1.807, 2.05) is 31.2 Å². The van der Waals surface area contributed by atoms with E-state index in [-0.39, 0.29) is 0 Å². The van der Waals surface area contributed by atoms with Crippen LogP contribution in [-0.4, -0.2) is 16.6 Å². The standard InChI is InChI=1S/C16H14Cl2N2O/c1-10-3-2-4-11(7-10)21-6-5-16-19-14-8-12(17)13(18)9-15(14)20-16/h2-4,7-9H,5-6H2,1H3,(H,19,20). The van der Waals surface area contributed by atoms with E-state index in [4.69, 9.17) is 27.9 Å². The molecule has 0 spiro atoms. The summed E-state index contributed by atoms with van der Waals surface area (Å²) in [4.78, 5) is 7.71. The summed E-state index contributed by atoms with van der Waals surface area (Å²) in [6.45, 7) is 2.60. The van der Waals surface area contributed by atoms with Crippen LogP contribution in [0.3, 0.4) is 0 Å². The van der Waals surface area contributed by atoms with Crippen molar-refractivity contribution < 1.29 is 4.74 Å². The first-order valence-corrected chi connectivity index (χ1v) is 7.40. The molecule has 1 aromatic heterocycles. The molecule has 0 aliphatic carbocycles. The van der Waals surface area contributed by atoms with Crippen LogP contribution in [0.5, 0.6) is 5.75 Å². The van der Waals surface area contributed by atoms with Crippen LogP contribution in [0.25, 0.3) is 11.0 Å². The number of fused-ring (bicyclic) bond motifs is 1. The number of aryl methyl sites for hydroxylation is 1. The van der Waals surface area contributed by atoms with E-state index in [9.17, 15) is 0 Å². The third-order valence-electron chi connectivity index (χ3n) is 3.17. The highest BCUT2D eigenvalue weighted by Gasteiger charge is 2.07. The molecule has 0 saturated carbocycles. The number of nitrogens with zero attached hydrogens (tertiary/aromatic N) is 1. The third-order valence-corrected chi connectivity index (χ3v) is 3.89. The Morgan fingerprint density at radius 2 is 1.95 bits per heavy atom. The predicted octanol–water partition coefficient (Wildman–Crippen LogP) is 4.80. The van der Waals surface area contributed by atoms with Crippen LogP contribution in [0.2, 0.25) is 10.0 Å². The average Bonchev–Trinajstić information content (AvgIpc) is 2.81. The highest BCUT2D eigenvalue weighted by Crippen LogP contribution is 2.26. The van der Waals surface area contributed by atoms with Gasteiger partial charge >= 0.3 is 0 Å². The Labute approximate surface area is 132 Å². The minimum atomic E-state index is 0.512. The van der Waals surface area contributed by atoms with Gasteiger partial charge in [0.15, 0.2) is 0 Å². The molecule has 21 heavy (non-hydrogen) atoms. The smallest absolute Gasteiger partial charge is 0.119 e. The summed E-state index contributed by atoms with van der Waals surface area (Å²) in [5.74, 6) is 1.73. The van der Waals surface area contributed by atoms with Crippen LogP contribution in [0.4, 0.5) is 0 Å². The molecule has 0 saturated heterocycles. The molecule has 0 aliphatic heterocycles. The van der Waals surface area contributed by atoms with E-state index in [1.165, 1.54) is 5.56 Å². The van der Waals surface area contributed by atoms with Crippen molar-refractivity contribution in [1.29, 1.82) is 0 Å². The number of halogens is 2. The summed E-state index contributed by atoms with van der Waals surface area (Å²) in [6, 6.07) is 11.5. The van der Waals surface area contributed by atoms with Gasteiger partial charge in [-0.05, 0) is 36.8 Å². The van der Waals surface area contributed by atoms with Crippen molar-refractivity contribution in [3.8, 4) is 5.75 Å². The molecular formula is C16H14Cl2N2O. The topological polar surface area (TPSA) is 37.9 Å². The van der Waals surface area contributed by atoms with Crippen molar-refractivity contribution in [2.24, 2.45) is 0 Å². The molecule has 0 radical (unpaired) electrons. The molecule has 0 aliphatic rings. The molecule has 108 valence electrons. The number of hydrogen-bond donors (Lipinski definition) is 1. The van der Waals surface area contributed by atoms with Gasteiger partial charge in [0.1, 0.15) is 11.6 Å². The van der Waals surface area contributed by atoms with Gasteiger partial charge in [0, 0.05) is 6.42 Å². The Balaban J connectivity index is 1.68. The number of hydrogen-bond acceptors (Lipinski definition) is 2. The SMILES string of the molecule is Cc1cccc(OCCc2nc3cc(Cl)c(Cl)cc3[nH]2)c1. The van der Waals surface area contributed by atoms with Gasteiger partial charge < -0.3 is 9.72 Å². The number of H-pyrrole nitrogens is 1. The summed E-state index contributed by atoms with van der Waals surface area (Å²) < 4.78 is 5.72. The molecule has 0 fully saturated rings. The second kappa shape index (κ2) is 5.96. The van der Waals surface area contributed by atoms with Gasteiger partial charge in [-0.1, -0.05) is 35.3 Å². The number of ether oxygens (including phenoxy) is 1. The van der Waals surface area contributed by atoms with Crippen molar-refractivity contribution in [1.82, 2.24) is 9.97 Å². The Morgan fingerprint density at radius 3 is 2.76 bits per heavy atom. The molecule has 0 amide bonds. The van der Waals surface area contributed by atoms with E-state index in [0.717, 1.165) is 22.6 Å². The first-order valence-electron chi connectivity index (χ1n) is 6.65.